The van der Waals surface area contributed by atoms with Crippen molar-refractivity contribution < 1.29 is 14.3 Å². The van der Waals surface area contributed by atoms with Gasteiger partial charge >= 0.3 is 6.09 Å². The number of carbonyl (C=O) groups is 2. The number of benzene rings is 1. The summed E-state index contributed by atoms with van der Waals surface area (Å²) in [5.41, 5.74) is 0.852. The molecule has 0 saturated heterocycles. The topological polar surface area (TPSA) is 79.2 Å². The summed E-state index contributed by atoms with van der Waals surface area (Å²) in [7, 11) is 0. The van der Waals surface area contributed by atoms with Crippen LogP contribution >= 0.6 is 0 Å². The van der Waals surface area contributed by atoms with Crippen LogP contribution in [-0.4, -0.2) is 18.4 Å². The largest absolute Gasteiger partial charge is 0.445 e. The smallest absolute Gasteiger partial charge is 0.408 e. The lowest BCUT2D eigenvalue weighted by atomic mass is 10.2. The number of nitrogens with one attached hydrogen (secondary N) is 1. The molecule has 1 amide bonds. The van der Waals surface area contributed by atoms with Gasteiger partial charge < -0.3 is 14.8 Å². The molecule has 0 heterocycles. The molecule has 0 aromatic heterocycles. The highest BCUT2D eigenvalue weighted by Gasteiger charge is 2.11. The Kier molecular flexibility index (Phi) is 5.25. The Morgan fingerprint density at radius 1 is 1.47 bits per heavy atom. The summed E-state index contributed by atoms with van der Waals surface area (Å²) in [6.45, 7) is 0.130. The minimum atomic E-state index is -0.816. The molecule has 0 fully saturated rings. The maximum absolute atomic E-state index is 11.3. The predicted octanol–water partition coefficient (Wildman–Crippen LogP) is 1.39. The second-order valence-corrected chi connectivity index (χ2v) is 3.31. The van der Waals surface area contributed by atoms with Gasteiger partial charge in [0.05, 0.1) is 12.5 Å². The fourth-order valence-corrected chi connectivity index (χ4v) is 1.15. The fourth-order valence-electron chi connectivity index (χ4n) is 1.15. The maximum Gasteiger partial charge on any atom is 0.408 e. The molecule has 0 aliphatic rings. The van der Waals surface area contributed by atoms with E-state index in [1.54, 1.807) is 6.07 Å². The lowest BCUT2D eigenvalue weighted by Gasteiger charge is -2.09. The minimum absolute atomic E-state index is 0.0655. The highest BCUT2D eigenvalue weighted by atomic mass is 16.5. The van der Waals surface area contributed by atoms with Crippen LogP contribution in [-0.2, 0) is 16.1 Å². The zero-order valence-corrected chi connectivity index (χ0v) is 9.13. The highest BCUT2D eigenvalue weighted by Crippen LogP contribution is 2.00. The summed E-state index contributed by atoms with van der Waals surface area (Å²) < 4.78 is 4.89. The van der Waals surface area contributed by atoms with E-state index in [9.17, 15) is 9.59 Å². The molecule has 5 heteroatoms. The van der Waals surface area contributed by atoms with Gasteiger partial charge in [0.15, 0.2) is 0 Å². The number of nitriles is 1. The second-order valence-electron chi connectivity index (χ2n) is 3.31. The Labute approximate surface area is 99.0 Å². The van der Waals surface area contributed by atoms with Crippen LogP contribution in [0.5, 0.6) is 0 Å². The van der Waals surface area contributed by atoms with Crippen LogP contribution in [0.2, 0.25) is 0 Å². The quantitative estimate of drug-likeness (QED) is 0.778. The van der Waals surface area contributed by atoms with E-state index >= 15 is 0 Å². The van der Waals surface area contributed by atoms with Crippen molar-refractivity contribution in [2.45, 2.75) is 19.1 Å². The van der Waals surface area contributed by atoms with Gasteiger partial charge in [-0.1, -0.05) is 30.3 Å². The molecule has 0 radical (unpaired) electrons. The van der Waals surface area contributed by atoms with Crippen LogP contribution in [0.4, 0.5) is 4.79 Å². The van der Waals surface area contributed by atoms with Crippen LogP contribution < -0.4 is 5.32 Å². The van der Waals surface area contributed by atoms with E-state index in [1.807, 2.05) is 30.3 Å². The van der Waals surface area contributed by atoms with Gasteiger partial charge in [-0.05, 0) is 5.56 Å². The standard InChI is InChI=1S/C12H12N2O3/c13-7-6-11(8-15)14-12(16)17-9-10-4-2-1-3-5-10/h1-5,8,11H,6,9H2,(H,14,16)/t11-/m0/s1. The summed E-state index contributed by atoms with van der Waals surface area (Å²) in [5.74, 6) is 0. The van der Waals surface area contributed by atoms with Gasteiger partial charge in [0, 0.05) is 0 Å². The molecule has 1 aromatic carbocycles. The molecule has 0 spiro atoms. The molecular formula is C12H12N2O3. The molecule has 0 unspecified atom stereocenters. The van der Waals surface area contributed by atoms with Crippen LogP contribution in [0.25, 0.3) is 0 Å². The number of aldehydes is 1. The van der Waals surface area contributed by atoms with Crippen molar-refractivity contribution in [3.05, 3.63) is 35.9 Å². The molecule has 88 valence electrons. The first-order valence-electron chi connectivity index (χ1n) is 5.05. The van der Waals surface area contributed by atoms with E-state index in [-0.39, 0.29) is 13.0 Å². The first-order chi connectivity index (χ1) is 8.26. The second kappa shape index (κ2) is 7.01. The molecule has 1 rings (SSSR count). The van der Waals surface area contributed by atoms with Crippen molar-refractivity contribution in [3.63, 3.8) is 0 Å². The third kappa shape index (κ3) is 4.80. The van der Waals surface area contributed by atoms with Gasteiger partial charge in [-0.3, -0.25) is 0 Å². The van der Waals surface area contributed by atoms with Gasteiger partial charge in [-0.2, -0.15) is 5.26 Å². The summed E-state index contributed by atoms with van der Waals surface area (Å²) in [5, 5.41) is 10.7. The average molecular weight is 232 g/mol. The number of amides is 1. The molecule has 1 aromatic rings. The van der Waals surface area contributed by atoms with Gasteiger partial charge in [0.25, 0.3) is 0 Å². The number of hydrogen-bond acceptors (Lipinski definition) is 4. The van der Waals surface area contributed by atoms with Crippen molar-refractivity contribution in [1.82, 2.24) is 5.32 Å². The zero-order valence-electron chi connectivity index (χ0n) is 9.13. The molecule has 0 bridgehead atoms. The van der Waals surface area contributed by atoms with Gasteiger partial charge in [-0.25, -0.2) is 4.79 Å². The van der Waals surface area contributed by atoms with E-state index in [4.69, 9.17) is 10.00 Å². The van der Waals surface area contributed by atoms with Crippen molar-refractivity contribution in [2.75, 3.05) is 0 Å². The Balaban J connectivity index is 2.35. The number of ether oxygens (including phenoxy) is 1. The van der Waals surface area contributed by atoms with Crippen LogP contribution in [0.1, 0.15) is 12.0 Å². The van der Waals surface area contributed by atoms with E-state index in [1.165, 1.54) is 0 Å². The molecular weight excluding hydrogens is 220 g/mol. The van der Waals surface area contributed by atoms with Gasteiger partial charge in [-0.15, -0.1) is 0 Å². The summed E-state index contributed by atoms with van der Waals surface area (Å²) in [4.78, 5) is 21.7. The lowest BCUT2D eigenvalue weighted by Crippen LogP contribution is -2.36. The first-order valence-corrected chi connectivity index (χ1v) is 5.05. The zero-order chi connectivity index (χ0) is 12.5. The third-order valence-electron chi connectivity index (χ3n) is 1.99. The van der Waals surface area contributed by atoms with E-state index in [2.05, 4.69) is 5.32 Å². The Hall–Kier alpha value is -2.35. The number of carbonyl (C=O) groups excluding carboxylic acids is 2. The monoisotopic (exact) mass is 232 g/mol. The number of rotatable bonds is 5. The number of alkyl carbamates (subject to hydrolysis) is 1. The minimum Gasteiger partial charge on any atom is -0.445 e. The van der Waals surface area contributed by atoms with Crippen molar-refractivity contribution in [3.8, 4) is 6.07 Å². The molecule has 1 atom stereocenters. The van der Waals surface area contributed by atoms with Crippen molar-refractivity contribution in [2.24, 2.45) is 0 Å². The fraction of sp³-hybridized carbons (Fsp3) is 0.250. The number of nitrogens with zero attached hydrogens (tertiary/aromatic N) is 1. The highest BCUT2D eigenvalue weighted by molar-refractivity contribution is 5.73. The average Bonchev–Trinajstić information content (AvgIpc) is 2.37. The summed E-state index contributed by atoms with van der Waals surface area (Å²) in [6, 6.07) is 10.1. The maximum atomic E-state index is 11.3. The first kappa shape index (κ1) is 12.7. The van der Waals surface area contributed by atoms with E-state index < -0.39 is 12.1 Å². The van der Waals surface area contributed by atoms with Crippen LogP contribution in [0, 0.1) is 11.3 Å². The molecule has 0 saturated carbocycles. The van der Waals surface area contributed by atoms with Gasteiger partial charge in [0.1, 0.15) is 18.9 Å². The summed E-state index contributed by atoms with van der Waals surface area (Å²) in [6.07, 6.45) is -0.266. The Morgan fingerprint density at radius 2 is 2.18 bits per heavy atom. The Morgan fingerprint density at radius 3 is 2.76 bits per heavy atom. The van der Waals surface area contributed by atoms with Crippen LogP contribution in [0.3, 0.4) is 0 Å². The summed E-state index contributed by atoms with van der Waals surface area (Å²) >= 11 is 0. The lowest BCUT2D eigenvalue weighted by molar-refractivity contribution is -0.109. The predicted molar refractivity (Wildman–Crippen MR) is 59.8 cm³/mol. The normalized spacial score (nSPS) is 11.0. The van der Waals surface area contributed by atoms with Gasteiger partial charge in [0.2, 0.25) is 0 Å². The van der Waals surface area contributed by atoms with Crippen molar-refractivity contribution >= 4 is 12.4 Å². The van der Waals surface area contributed by atoms with E-state index in [0.29, 0.717) is 6.29 Å². The molecule has 1 N–H and O–H groups in total. The van der Waals surface area contributed by atoms with E-state index in [0.717, 1.165) is 5.56 Å². The van der Waals surface area contributed by atoms with Crippen molar-refractivity contribution in [1.29, 1.82) is 5.26 Å². The molecule has 0 aliphatic carbocycles. The SMILES string of the molecule is N#CC[C@@H](C=O)NC(=O)OCc1ccccc1. The van der Waals surface area contributed by atoms with Crippen LogP contribution in [0.15, 0.2) is 30.3 Å². The molecule has 5 nitrogen and oxygen atoms in total. The number of hydrogen-bond donors (Lipinski definition) is 1. The molecule has 17 heavy (non-hydrogen) atoms. The molecule has 0 aliphatic heterocycles. The Bertz CT molecular complexity index is 412. The third-order valence-corrected chi connectivity index (χ3v) is 1.99.